The molecule has 0 aromatic heterocycles. The van der Waals surface area contributed by atoms with Crippen molar-refractivity contribution >= 4 is 12.4 Å². The van der Waals surface area contributed by atoms with Gasteiger partial charge >= 0.3 is 0 Å². The standard InChI is InChI=1S/C12H19NO.ClH/c1-4-9(3)12(13)10-6-5-8(2)7-11(10)14;/h5-7,9,12,14H,4,13H2,1-3H3;1H/t9?,12-;/m1./s1. The summed E-state index contributed by atoms with van der Waals surface area (Å²) in [4.78, 5) is 0. The van der Waals surface area contributed by atoms with Gasteiger partial charge in [0.15, 0.2) is 0 Å². The monoisotopic (exact) mass is 229 g/mol. The molecule has 3 N–H and O–H groups in total. The molecule has 2 atom stereocenters. The van der Waals surface area contributed by atoms with Crippen molar-refractivity contribution in [3.05, 3.63) is 29.3 Å². The highest BCUT2D eigenvalue weighted by atomic mass is 35.5. The second kappa shape index (κ2) is 5.99. The molecule has 1 rings (SSSR count). The van der Waals surface area contributed by atoms with Gasteiger partial charge in [-0.05, 0) is 24.5 Å². The van der Waals surface area contributed by atoms with Crippen LogP contribution in [0.1, 0.15) is 37.4 Å². The van der Waals surface area contributed by atoms with Gasteiger partial charge in [0.2, 0.25) is 0 Å². The highest BCUT2D eigenvalue weighted by Gasteiger charge is 2.16. The molecule has 2 nitrogen and oxygen atoms in total. The molecular weight excluding hydrogens is 210 g/mol. The fraction of sp³-hybridized carbons (Fsp3) is 0.500. The van der Waals surface area contributed by atoms with Gasteiger partial charge in [0.05, 0.1) is 0 Å². The molecule has 0 radical (unpaired) electrons. The maximum Gasteiger partial charge on any atom is 0.120 e. The SMILES string of the molecule is CCC(C)[C@@H](N)c1ccc(C)cc1O.Cl. The number of phenols is 1. The van der Waals surface area contributed by atoms with E-state index in [1.807, 2.05) is 19.1 Å². The first-order valence-electron chi connectivity index (χ1n) is 5.11. The van der Waals surface area contributed by atoms with Crippen LogP contribution in [0.5, 0.6) is 5.75 Å². The van der Waals surface area contributed by atoms with Crippen molar-refractivity contribution in [3.8, 4) is 5.75 Å². The van der Waals surface area contributed by atoms with E-state index in [1.54, 1.807) is 6.07 Å². The second-order valence-corrected chi connectivity index (χ2v) is 3.97. The molecule has 1 aromatic rings. The molecule has 86 valence electrons. The van der Waals surface area contributed by atoms with E-state index in [-0.39, 0.29) is 18.4 Å². The zero-order valence-electron chi connectivity index (χ0n) is 9.53. The summed E-state index contributed by atoms with van der Waals surface area (Å²) in [6.07, 6.45) is 1.02. The molecule has 0 amide bonds. The first-order valence-corrected chi connectivity index (χ1v) is 5.11. The van der Waals surface area contributed by atoms with Gasteiger partial charge in [-0.2, -0.15) is 0 Å². The summed E-state index contributed by atoms with van der Waals surface area (Å²) in [5, 5.41) is 9.73. The minimum absolute atomic E-state index is 0. The Morgan fingerprint density at radius 2 is 2.00 bits per heavy atom. The molecule has 0 bridgehead atoms. The number of benzene rings is 1. The topological polar surface area (TPSA) is 46.2 Å². The van der Waals surface area contributed by atoms with Crippen LogP contribution in [0.15, 0.2) is 18.2 Å². The Hall–Kier alpha value is -0.730. The predicted molar refractivity (Wildman–Crippen MR) is 66.5 cm³/mol. The van der Waals surface area contributed by atoms with Crippen LogP contribution in [-0.4, -0.2) is 5.11 Å². The number of halogens is 1. The van der Waals surface area contributed by atoms with Gasteiger partial charge in [-0.3, -0.25) is 0 Å². The largest absolute Gasteiger partial charge is 0.508 e. The van der Waals surface area contributed by atoms with Gasteiger partial charge in [0, 0.05) is 11.6 Å². The Balaban J connectivity index is 0.00000196. The number of hydrogen-bond donors (Lipinski definition) is 2. The van der Waals surface area contributed by atoms with E-state index in [4.69, 9.17) is 5.73 Å². The second-order valence-electron chi connectivity index (χ2n) is 3.97. The summed E-state index contributed by atoms with van der Waals surface area (Å²) in [5.74, 6) is 0.710. The summed E-state index contributed by atoms with van der Waals surface area (Å²) < 4.78 is 0. The Morgan fingerprint density at radius 3 is 2.47 bits per heavy atom. The lowest BCUT2D eigenvalue weighted by Crippen LogP contribution is -2.18. The van der Waals surface area contributed by atoms with E-state index in [0.717, 1.165) is 17.5 Å². The first kappa shape index (κ1) is 14.3. The number of phenolic OH excluding ortho intramolecular Hbond substituents is 1. The third-order valence-corrected chi connectivity index (χ3v) is 2.80. The van der Waals surface area contributed by atoms with Crippen LogP contribution >= 0.6 is 12.4 Å². The third kappa shape index (κ3) is 3.40. The summed E-state index contributed by atoms with van der Waals surface area (Å²) >= 11 is 0. The lowest BCUT2D eigenvalue weighted by molar-refractivity contribution is 0.419. The molecule has 0 aliphatic heterocycles. The van der Waals surface area contributed by atoms with Crippen LogP contribution in [0, 0.1) is 12.8 Å². The number of rotatable bonds is 3. The van der Waals surface area contributed by atoms with E-state index < -0.39 is 0 Å². The van der Waals surface area contributed by atoms with Gasteiger partial charge in [0.1, 0.15) is 5.75 Å². The summed E-state index contributed by atoms with van der Waals surface area (Å²) in [6.45, 7) is 6.16. The molecule has 15 heavy (non-hydrogen) atoms. The molecule has 0 saturated carbocycles. The van der Waals surface area contributed by atoms with Crippen molar-refractivity contribution in [3.63, 3.8) is 0 Å². The maximum absolute atomic E-state index is 9.73. The van der Waals surface area contributed by atoms with E-state index in [0.29, 0.717) is 11.7 Å². The molecule has 0 aliphatic carbocycles. The zero-order valence-corrected chi connectivity index (χ0v) is 10.3. The Kier molecular flexibility index (Phi) is 5.69. The number of aryl methyl sites for hydroxylation is 1. The summed E-state index contributed by atoms with van der Waals surface area (Å²) in [6, 6.07) is 5.59. The number of nitrogens with two attached hydrogens (primary N) is 1. The third-order valence-electron chi connectivity index (χ3n) is 2.80. The van der Waals surface area contributed by atoms with Crippen LogP contribution < -0.4 is 5.73 Å². The van der Waals surface area contributed by atoms with Gasteiger partial charge in [-0.25, -0.2) is 0 Å². The lowest BCUT2D eigenvalue weighted by atomic mass is 9.92. The number of hydrogen-bond acceptors (Lipinski definition) is 2. The van der Waals surface area contributed by atoms with Crippen LogP contribution in [-0.2, 0) is 0 Å². The molecule has 1 aromatic carbocycles. The zero-order chi connectivity index (χ0) is 10.7. The molecule has 0 fully saturated rings. The quantitative estimate of drug-likeness (QED) is 0.837. The Morgan fingerprint density at radius 1 is 1.40 bits per heavy atom. The van der Waals surface area contributed by atoms with Crippen molar-refractivity contribution in [2.45, 2.75) is 33.2 Å². The minimum atomic E-state index is -0.0689. The maximum atomic E-state index is 9.73. The average molecular weight is 230 g/mol. The van der Waals surface area contributed by atoms with E-state index in [9.17, 15) is 5.11 Å². The van der Waals surface area contributed by atoms with E-state index >= 15 is 0 Å². The normalized spacial score (nSPS) is 14.1. The van der Waals surface area contributed by atoms with Crippen LogP contribution in [0.25, 0.3) is 0 Å². The van der Waals surface area contributed by atoms with Crippen molar-refractivity contribution in [2.75, 3.05) is 0 Å². The van der Waals surface area contributed by atoms with Gasteiger partial charge in [-0.15, -0.1) is 12.4 Å². The van der Waals surface area contributed by atoms with Crippen molar-refractivity contribution in [2.24, 2.45) is 11.7 Å². The highest BCUT2D eigenvalue weighted by molar-refractivity contribution is 5.85. The fourth-order valence-electron chi connectivity index (χ4n) is 1.50. The molecule has 0 heterocycles. The highest BCUT2D eigenvalue weighted by Crippen LogP contribution is 2.29. The molecule has 0 aliphatic rings. The van der Waals surface area contributed by atoms with Crippen molar-refractivity contribution in [1.82, 2.24) is 0 Å². The van der Waals surface area contributed by atoms with Crippen LogP contribution in [0.3, 0.4) is 0 Å². The first-order chi connectivity index (χ1) is 6.56. The smallest absolute Gasteiger partial charge is 0.120 e. The Bertz CT molecular complexity index is 314. The molecule has 1 unspecified atom stereocenters. The minimum Gasteiger partial charge on any atom is -0.508 e. The number of aromatic hydroxyl groups is 1. The van der Waals surface area contributed by atoms with E-state index in [1.165, 1.54) is 0 Å². The summed E-state index contributed by atoms with van der Waals surface area (Å²) in [7, 11) is 0. The molecule has 3 heteroatoms. The van der Waals surface area contributed by atoms with E-state index in [2.05, 4.69) is 13.8 Å². The fourth-order valence-corrected chi connectivity index (χ4v) is 1.50. The van der Waals surface area contributed by atoms with Gasteiger partial charge < -0.3 is 10.8 Å². The van der Waals surface area contributed by atoms with Gasteiger partial charge in [0.25, 0.3) is 0 Å². The van der Waals surface area contributed by atoms with Gasteiger partial charge in [-0.1, -0.05) is 32.4 Å². The predicted octanol–water partition coefficient (Wildman–Crippen LogP) is 3.17. The lowest BCUT2D eigenvalue weighted by Gasteiger charge is -2.19. The Labute approximate surface area is 97.9 Å². The van der Waals surface area contributed by atoms with Crippen molar-refractivity contribution in [1.29, 1.82) is 0 Å². The molecular formula is C12H20ClNO. The molecule has 0 spiro atoms. The van der Waals surface area contributed by atoms with Crippen molar-refractivity contribution < 1.29 is 5.11 Å². The molecule has 0 saturated heterocycles. The summed E-state index contributed by atoms with van der Waals surface area (Å²) in [5.41, 5.74) is 7.95. The van der Waals surface area contributed by atoms with Crippen LogP contribution in [0.2, 0.25) is 0 Å². The van der Waals surface area contributed by atoms with Crippen LogP contribution in [0.4, 0.5) is 0 Å². The average Bonchev–Trinajstić information content (AvgIpc) is 2.15.